The Morgan fingerprint density at radius 1 is 1.30 bits per heavy atom. The number of aromatic nitrogens is 1. The van der Waals surface area contributed by atoms with E-state index in [-0.39, 0.29) is 6.04 Å². The minimum Gasteiger partial charge on any atom is -0.455 e. The van der Waals surface area contributed by atoms with Crippen molar-refractivity contribution in [3.63, 3.8) is 0 Å². The van der Waals surface area contributed by atoms with Gasteiger partial charge in [-0.2, -0.15) is 0 Å². The maximum atomic E-state index is 6.27. The number of nitrogens with zero attached hydrogens (tertiary/aromatic N) is 1. The second kappa shape index (κ2) is 6.73. The van der Waals surface area contributed by atoms with Crippen LogP contribution in [-0.4, -0.2) is 11.0 Å². The van der Waals surface area contributed by atoms with Gasteiger partial charge in [-0.05, 0) is 44.0 Å². The molecule has 1 heterocycles. The minimum atomic E-state index is 0.0772. The Hall–Kier alpha value is -1.58. The lowest BCUT2D eigenvalue weighted by atomic mass is 10.0. The predicted octanol–water partition coefficient (Wildman–Crippen LogP) is 4.12. The van der Waals surface area contributed by atoms with E-state index in [4.69, 9.17) is 22.1 Å². The summed E-state index contributed by atoms with van der Waals surface area (Å²) in [6.07, 6.45) is 3.31. The topological polar surface area (TPSA) is 48.1 Å². The van der Waals surface area contributed by atoms with Crippen LogP contribution in [0.1, 0.15) is 24.6 Å². The summed E-state index contributed by atoms with van der Waals surface area (Å²) in [6.45, 7) is 4.00. The molecular formula is C16H19ClN2O. The van der Waals surface area contributed by atoms with Crippen LogP contribution in [0.3, 0.4) is 0 Å². The van der Waals surface area contributed by atoms with E-state index in [1.54, 1.807) is 6.20 Å². The SMILES string of the molecule is CCC(N)Cc1c(Cl)cccc1Oc1ccc(C)nc1. The Kier molecular flexibility index (Phi) is 4.99. The summed E-state index contributed by atoms with van der Waals surface area (Å²) < 4.78 is 5.89. The monoisotopic (exact) mass is 290 g/mol. The normalized spacial score (nSPS) is 12.2. The molecule has 0 fully saturated rings. The van der Waals surface area contributed by atoms with E-state index in [9.17, 15) is 0 Å². The number of ether oxygens (including phenoxy) is 1. The van der Waals surface area contributed by atoms with Crippen molar-refractivity contribution < 1.29 is 4.74 Å². The van der Waals surface area contributed by atoms with Crippen LogP contribution in [-0.2, 0) is 6.42 Å². The van der Waals surface area contributed by atoms with E-state index in [2.05, 4.69) is 11.9 Å². The van der Waals surface area contributed by atoms with Crippen molar-refractivity contribution in [2.24, 2.45) is 5.73 Å². The molecule has 2 aromatic rings. The molecular weight excluding hydrogens is 272 g/mol. The predicted molar refractivity (Wildman–Crippen MR) is 82.5 cm³/mol. The minimum absolute atomic E-state index is 0.0772. The van der Waals surface area contributed by atoms with Crippen LogP contribution in [0.25, 0.3) is 0 Å². The van der Waals surface area contributed by atoms with Crippen molar-refractivity contribution in [1.29, 1.82) is 0 Å². The smallest absolute Gasteiger partial charge is 0.145 e. The van der Waals surface area contributed by atoms with Gasteiger partial charge in [-0.3, -0.25) is 4.98 Å². The number of benzene rings is 1. The first-order valence-corrected chi connectivity index (χ1v) is 7.11. The lowest BCUT2D eigenvalue weighted by molar-refractivity contribution is 0.469. The maximum absolute atomic E-state index is 6.27. The molecule has 0 spiro atoms. The molecule has 0 saturated heterocycles. The van der Waals surface area contributed by atoms with Gasteiger partial charge < -0.3 is 10.5 Å². The molecule has 0 aliphatic heterocycles. The summed E-state index contributed by atoms with van der Waals surface area (Å²) in [6, 6.07) is 9.53. The molecule has 1 unspecified atom stereocenters. The highest BCUT2D eigenvalue weighted by molar-refractivity contribution is 6.31. The molecule has 1 aromatic carbocycles. The highest BCUT2D eigenvalue weighted by atomic mass is 35.5. The Morgan fingerprint density at radius 2 is 2.10 bits per heavy atom. The van der Waals surface area contributed by atoms with E-state index < -0.39 is 0 Å². The fraction of sp³-hybridized carbons (Fsp3) is 0.312. The molecule has 1 atom stereocenters. The first kappa shape index (κ1) is 14.8. The van der Waals surface area contributed by atoms with Gasteiger partial charge in [0.15, 0.2) is 0 Å². The van der Waals surface area contributed by atoms with E-state index >= 15 is 0 Å². The van der Waals surface area contributed by atoms with Gasteiger partial charge in [0, 0.05) is 22.3 Å². The largest absolute Gasteiger partial charge is 0.455 e. The lowest BCUT2D eigenvalue weighted by Crippen LogP contribution is -2.21. The molecule has 20 heavy (non-hydrogen) atoms. The first-order valence-electron chi connectivity index (χ1n) is 6.73. The Labute approximate surface area is 124 Å². The number of halogens is 1. The van der Waals surface area contributed by atoms with Crippen molar-refractivity contribution in [2.45, 2.75) is 32.7 Å². The number of hydrogen-bond acceptors (Lipinski definition) is 3. The average molecular weight is 291 g/mol. The van der Waals surface area contributed by atoms with Gasteiger partial charge in [-0.15, -0.1) is 0 Å². The summed E-state index contributed by atoms with van der Waals surface area (Å²) in [7, 11) is 0. The summed E-state index contributed by atoms with van der Waals surface area (Å²) in [4.78, 5) is 4.22. The van der Waals surface area contributed by atoms with E-state index in [1.165, 1.54) is 0 Å². The number of rotatable bonds is 5. The molecule has 2 N–H and O–H groups in total. The van der Waals surface area contributed by atoms with Crippen LogP contribution in [0.4, 0.5) is 0 Å². The molecule has 2 rings (SSSR count). The summed E-state index contributed by atoms with van der Waals surface area (Å²) in [5.74, 6) is 1.44. The van der Waals surface area contributed by atoms with Gasteiger partial charge in [-0.1, -0.05) is 24.6 Å². The third-order valence-electron chi connectivity index (χ3n) is 3.18. The fourth-order valence-electron chi connectivity index (χ4n) is 1.88. The first-order chi connectivity index (χ1) is 9.60. The van der Waals surface area contributed by atoms with Crippen LogP contribution in [0.2, 0.25) is 5.02 Å². The average Bonchev–Trinajstić information content (AvgIpc) is 2.45. The molecule has 0 radical (unpaired) electrons. The Balaban J connectivity index is 2.26. The van der Waals surface area contributed by atoms with Gasteiger partial charge in [0.25, 0.3) is 0 Å². The molecule has 0 saturated carbocycles. The summed E-state index contributed by atoms with van der Waals surface area (Å²) >= 11 is 6.27. The molecule has 0 bridgehead atoms. The standard InChI is InChI=1S/C16H19ClN2O/c1-3-12(18)9-14-15(17)5-4-6-16(14)20-13-8-7-11(2)19-10-13/h4-8,10,12H,3,9,18H2,1-2H3. The second-order valence-corrected chi connectivity index (χ2v) is 5.23. The van der Waals surface area contributed by atoms with Crippen LogP contribution in [0, 0.1) is 6.92 Å². The zero-order valence-electron chi connectivity index (χ0n) is 11.8. The molecule has 0 aliphatic carbocycles. The van der Waals surface area contributed by atoms with Gasteiger partial charge in [0.2, 0.25) is 0 Å². The molecule has 3 nitrogen and oxygen atoms in total. The molecule has 0 aliphatic rings. The van der Waals surface area contributed by atoms with Crippen LogP contribution < -0.4 is 10.5 Å². The number of aryl methyl sites for hydroxylation is 1. The van der Waals surface area contributed by atoms with Crippen molar-refractivity contribution in [3.05, 3.63) is 52.8 Å². The number of nitrogens with two attached hydrogens (primary N) is 1. The Bertz CT molecular complexity index is 569. The van der Waals surface area contributed by atoms with Crippen molar-refractivity contribution in [2.75, 3.05) is 0 Å². The summed E-state index contributed by atoms with van der Waals surface area (Å²) in [5, 5.41) is 0.687. The van der Waals surface area contributed by atoms with E-state index in [0.717, 1.165) is 23.4 Å². The maximum Gasteiger partial charge on any atom is 0.145 e. The van der Waals surface area contributed by atoms with E-state index in [0.29, 0.717) is 17.2 Å². The third-order valence-corrected chi connectivity index (χ3v) is 3.53. The zero-order chi connectivity index (χ0) is 14.5. The molecule has 106 valence electrons. The molecule has 1 aromatic heterocycles. The van der Waals surface area contributed by atoms with Gasteiger partial charge >= 0.3 is 0 Å². The van der Waals surface area contributed by atoms with E-state index in [1.807, 2.05) is 37.3 Å². The Morgan fingerprint density at radius 3 is 2.75 bits per heavy atom. The van der Waals surface area contributed by atoms with Crippen LogP contribution >= 0.6 is 11.6 Å². The van der Waals surface area contributed by atoms with Gasteiger partial charge in [-0.25, -0.2) is 0 Å². The van der Waals surface area contributed by atoms with Gasteiger partial charge in [0.1, 0.15) is 11.5 Å². The highest BCUT2D eigenvalue weighted by Gasteiger charge is 2.12. The third kappa shape index (κ3) is 3.71. The van der Waals surface area contributed by atoms with Crippen molar-refractivity contribution >= 4 is 11.6 Å². The van der Waals surface area contributed by atoms with Crippen molar-refractivity contribution in [1.82, 2.24) is 4.98 Å². The number of hydrogen-bond donors (Lipinski definition) is 1. The quantitative estimate of drug-likeness (QED) is 0.901. The zero-order valence-corrected chi connectivity index (χ0v) is 12.5. The highest BCUT2D eigenvalue weighted by Crippen LogP contribution is 2.31. The number of pyridine rings is 1. The van der Waals surface area contributed by atoms with Crippen molar-refractivity contribution in [3.8, 4) is 11.5 Å². The second-order valence-electron chi connectivity index (χ2n) is 4.83. The fourth-order valence-corrected chi connectivity index (χ4v) is 2.12. The summed E-state index contributed by atoms with van der Waals surface area (Å²) in [5.41, 5.74) is 7.93. The van der Waals surface area contributed by atoms with Gasteiger partial charge in [0.05, 0.1) is 6.20 Å². The van der Waals surface area contributed by atoms with Crippen LogP contribution in [0.5, 0.6) is 11.5 Å². The lowest BCUT2D eigenvalue weighted by Gasteiger charge is -2.15. The molecule has 0 amide bonds. The molecule has 4 heteroatoms. The van der Waals surface area contributed by atoms with Crippen LogP contribution in [0.15, 0.2) is 36.5 Å².